The third-order valence-corrected chi connectivity index (χ3v) is 4.16. The summed E-state index contributed by atoms with van der Waals surface area (Å²) in [7, 11) is 0. The predicted octanol–water partition coefficient (Wildman–Crippen LogP) is 6.22. The summed E-state index contributed by atoms with van der Waals surface area (Å²) in [6.07, 6.45) is 0. The summed E-state index contributed by atoms with van der Waals surface area (Å²) in [6, 6.07) is 13.3. The van der Waals surface area contributed by atoms with Crippen LogP contribution in [0.3, 0.4) is 0 Å². The number of anilines is 1. The maximum Gasteiger partial charge on any atom is 0.0558 e. The zero-order valence-electron chi connectivity index (χ0n) is 12.9. The van der Waals surface area contributed by atoms with Crippen LogP contribution in [0, 0.1) is 5.41 Å². The van der Waals surface area contributed by atoms with Crippen molar-refractivity contribution in [3.05, 3.63) is 63.6 Å². The van der Waals surface area contributed by atoms with Crippen LogP contribution in [-0.2, 0) is 0 Å². The lowest BCUT2D eigenvalue weighted by Gasteiger charge is -2.21. The average Bonchev–Trinajstić information content (AvgIpc) is 2.45. The van der Waals surface area contributed by atoms with Crippen LogP contribution in [0.15, 0.2) is 42.5 Å². The van der Waals surface area contributed by atoms with Gasteiger partial charge in [0.25, 0.3) is 0 Å². The van der Waals surface area contributed by atoms with Crippen molar-refractivity contribution >= 4 is 46.0 Å². The maximum absolute atomic E-state index is 6.27. The van der Waals surface area contributed by atoms with Crippen molar-refractivity contribution in [3.8, 4) is 0 Å². The van der Waals surface area contributed by atoms with E-state index in [1.807, 2.05) is 42.5 Å². The summed E-state index contributed by atoms with van der Waals surface area (Å²) < 4.78 is 0. The van der Waals surface area contributed by atoms with Crippen LogP contribution in [0.4, 0.5) is 5.69 Å². The van der Waals surface area contributed by atoms with Gasteiger partial charge in [-0.15, -0.1) is 0 Å². The molecule has 2 rings (SSSR count). The lowest BCUT2D eigenvalue weighted by Crippen LogP contribution is -2.20. The molecule has 22 heavy (non-hydrogen) atoms. The average molecular weight is 352 g/mol. The second kappa shape index (κ2) is 6.99. The summed E-state index contributed by atoms with van der Waals surface area (Å²) in [5.41, 5.74) is 2.90. The van der Waals surface area contributed by atoms with E-state index in [-0.39, 0.29) is 5.41 Å². The molecular formula is C18H19Cl2NS. The Balaban J connectivity index is 2.39. The van der Waals surface area contributed by atoms with Crippen LogP contribution in [0.2, 0.25) is 10.0 Å². The number of benzene rings is 2. The quantitative estimate of drug-likeness (QED) is 0.518. The summed E-state index contributed by atoms with van der Waals surface area (Å²) in [4.78, 5) is 0.699. The van der Waals surface area contributed by atoms with E-state index in [0.29, 0.717) is 14.9 Å². The number of rotatable bonds is 4. The Kier molecular flexibility index (Phi) is 5.49. The zero-order chi connectivity index (χ0) is 16.3. The van der Waals surface area contributed by atoms with Gasteiger partial charge in [-0.3, -0.25) is 0 Å². The minimum atomic E-state index is 0.170. The molecule has 0 spiro atoms. The van der Waals surface area contributed by atoms with Crippen LogP contribution in [0.1, 0.15) is 31.9 Å². The number of hydrogen-bond donors (Lipinski definition) is 1. The first-order valence-corrected chi connectivity index (χ1v) is 8.27. The minimum Gasteiger partial charge on any atom is -0.384 e. The van der Waals surface area contributed by atoms with Crippen molar-refractivity contribution < 1.29 is 0 Å². The van der Waals surface area contributed by atoms with E-state index in [0.717, 1.165) is 23.4 Å². The van der Waals surface area contributed by atoms with E-state index < -0.39 is 0 Å². The molecule has 4 heteroatoms. The van der Waals surface area contributed by atoms with E-state index in [4.69, 9.17) is 35.4 Å². The molecule has 0 atom stereocenters. The highest BCUT2D eigenvalue weighted by atomic mass is 35.5. The Labute approximate surface area is 147 Å². The van der Waals surface area contributed by atoms with Crippen LogP contribution in [0.5, 0.6) is 0 Å². The molecule has 2 aromatic rings. The molecule has 0 fully saturated rings. The number of thiocarbonyl (C=S) groups is 1. The maximum atomic E-state index is 6.27. The van der Waals surface area contributed by atoms with Gasteiger partial charge in [0.2, 0.25) is 0 Å². The molecule has 0 radical (unpaired) electrons. The van der Waals surface area contributed by atoms with Crippen molar-refractivity contribution in [2.75, 3.05) is 11.9 Å². The first-order valence-electron chi connectivity index (χ1n) is 7.10. The van der Waals surface area contributed by atoms with E-state index in [2.05, 4.69) is 26.1 Å². The van der Waals surface area contributed by atoms with E-state index in [1.54, 1.807) is 0 Å². The Morgan fingerprint density at radius 2 is 1.73 bits per heavy atom. The molecule has 0 aliphatic carbocycles. The van der Waals surface area contributed by atoms with Gasteiger partial charge in [-0.1, -0.05) is 74.4 Å². The first kappa shape index (κ1) is 17.3. The molecule has 0 heterocycles. The van der Waals surface area contributed by atoms with Crippen molar-refractivity contribution in [3.63, 3.8) is 0 Å². The molecule has 0 aliphatic heterocycles. The topological polar surface area (TPSA) is 12.0 Å². The molecule has 0 aliphatic rings. The fourth-order valence-corrected chi connectivity index (χ4v) is 2.81. The number of hydrogen-bond acceptors (Lipinski definition) is 2. The summed E-state index contributed by atoms with van der Waals surface area (Å²) in [6.45, 7) is 7.39. The predicted molar refractivity (Wildman–Crippen MR) is 102 cm³/mol. The van der Waals surface area contributed by atoms with Crippen molar-refractivity contribution in [2.45, 2.75) is 20.8 Å². The van der Waals surface area contributed by atoms with Gasteiger partial charge in [0, 0.05) is 33.4 Å². The molecule has 0 saturated carbocycles. The van der Waals surface area contributed by atoms with Crippen LogP contribution in [-0.4, -0.2) is 11.4 Å². The largest absolute Gasteiger partial charge is 0.384 e. The second-order valence-electron chi connectivity index (χ2n) is 6.41. The van der Waals surface area contributed by atoms with Crippen LogP contribution < -0.4 is 5.32 Å². The first-order chi connectivity index (χ1) is 10.3. The number of nitrogens with one attached hydrogen (secondary N) is 1. The fourth-order valence-electron chi connectivity index (χ4n) is 2.01. The van der Waals surface area contributed by atoms with E-state index in [9.17, 15) is 0 Å². The molecule has 0 bridgehead atoms. The lowest BCUT2D eigenvalue weighted by molar-refractivity contribution is 0.443. The molecule has 0 amide bonds. The van der Waals surface area contributed by atoms with Crippen LogP contribution in [0.25, 0.3) is 0 Å². The van der Waals surface area contributed by atoms with Gasteiger partial charge in [-0.25, -0.2) is 0 Å². The Morgan fingerprint density at radius 1 is 1.05 bits per heavy atom. The molecule has 0 saturated heterocycles. The van der Waals surface area contributed by atoms with Crippen molar-refractivity contribution in [2.24, 2.45) is 5.41 Å². The molecular weight excluding hydrogens is 333 g/mol. The third-order valence-electron chi connectivity index (χ3n) is 3.15. The van der Waals surface area contributed by atoms with Gasteiger partial charge >= 0.3 is 0 Å². The van der Waals surface area contributed by atoms with Gasteiger partial charge in [-0.2, -0.15) is 0 Å². The molecule has 116 valence electrons. The third kappa shape index (κ3) is 4.45. The Morgan fingerprint density at radius 3 is 2.36 bits per heavy atom. The van der Waals surface area contributed by atoms with Crippen molar-refractivity contribution in [1.82, 2.24) is 0 Å². The van der Waals surface area contributed by atoms with Gasteiger partial charge < -0.3 is 5.32 Å². The molecule has 0 unspecified atom stereocenters. The van der Waals surface area contributed by atoms with E-state index in [1.165, 1.54) is 0 Å². The smallest absolute Gasteiger partial charge is 0.0558 e. The number of halogens is 2. The fraction of sp³-hybridized carbons (Fsp3) is 0.278. The molecule has 0 aromatic heterocycles. The van der Waals surface area contributed by atoms with Gasteiger partial charge in [0.05, 0.1) is 4.86 Å². The van der Waals surface area contributed by atoms with Gasteiger partial charge in [0.15, 0.2) is 0 Å². The summed E-state index contributed by atoms with van der Waals surface area (Å²) in [5, 5.41) is 4.77. The molecule has 2 aromatic carbocycles. The SMILES string of the molecule is CC(C)(C)CNc1ccc(Cl)cc1C(=S)c1ccccc1Cl. The monoisotopic (exact) mass is 351 g/mol. The van der Waals surface area contributed by atoms with Gasteiger partial charge in [-0.05, 0) is 29.7 Å². The minimum absolute atomic E-state index is 0.170. The highest BCUT2D eigenvalue weighted by molar-refractivity contribution is 7.81. The second-order valence-corrected chi connectivity index (χ2v) is 7.66. The summed E-state index contributed by atoms with van der Waals surface area (Å²) in [5.74, 6) is 0. The zero-order valence-corrected chi connectivity index (χ0v) is 15.2. The van der Waals surface area contributed by atoms with Gasteiger partial charge in [0.1, 0.15) is 0 Å². The highest BCUT2D eigenvalue weighted by Crippen LogP contribution is 2.28. The lowest BCUT2D eigenvalue weighted by atomic mass is 9.96. The highest BCUT2D eigenvalue weighted by Gasteiger charge is 2.15. The standard InChI is InChI=1S/C18H19Cl2NS/c1-18(2,3)11-21-16-9-8-12(19)10-14(16)17(22)13-6-4-5-7-15(13)20/h4-10,21H,11H2,1-3H3. The van der Waals surface area contributed by atoms with Crippen molar-refractivity contribution in [1.29, 1.82) is 0 Å². The van der Waals surface area contributed by atoms with Crippen LogP contribution >= 0.6 is 35.4 Å². The molecule has 1 nitrogen and oxygen atoms in total. The Bertz CT molecular complexity index is 690. The molecule has 1 N–H and O–H groups in total. The Hall–Kier alpha value is -1.09. The summed E-state index contributed by atoms with van der Waals surface area (Å²) >= 11 is 18.1. The van der Waals surface area contributed by atoms with E-state index >= 15 is 0 Å². The normalized spacial score (nSPS) is 11.3.